The van der Waals surface area contributed by atoms with Crippen molar-refractivity contribution in [3.05, 3.63) is 23.8 Å². The number of nitrogens with zero attached hydrogens (tertiary/aromatic N) is 2. The molecular formula is C7H6N4S. The second kappa shape index (κ2) is 2.53. The summed E-state index contributed by atoms with van der Waals surface area (Å²) in [5.41, 5.74) is 6.88. The molecule has 2 rings (SSSR count). The average molecular weight is 178 g/mol. The van der Waals surface area contributed by atoms with Gasteiger partial charge in [0.1, 0.15) is 11.4 Å². The smallest absolute Gasteiger partial charge is 0.124 e. The van der Waals surface area contributed by atoms with Crippen molar-refractivity contribution in [2.24, 2.45) is 5.73 Å². The molecule has 0 saturated heterocycles. The molecule has 0 radical (unpaired) electrons. The lowest BCUT2D eigenvalue weighted by Gasteiger charge is -1.96. The standard InChI is InChI=1S/C7H6N4S/c8-7(9)4-2-1-3-5-6(4)12-11-10-5/h1-3H,(H3,8,9). The van der Waals surface area contributed by atoms with Gasteiger partial charge in [-0.2, -0.15) is 0 Å². The van der Waals surface area contributed by atoms with Crippen LogP contribution in [0.3, 0.4) is 0 Å². The van der Waals surface area contributed by atoms with Crippen LogP contribution in [0.2, 0.25) is 0 Å². The summed E-state index contributed by atoms with van der Waals surface area (Å²) in [5, 5.41) is 11.2. The molecule has 60 valence electrons. The Balaban J connectivity index is 2.82. The predicted octanol–water partition coefficient (Wildman–Crippen LogP) is 0.975. The van der Waals surface area contributed by atoms with Crippen molar-refractivity contribution >= 4 is 27.6 Å². The first-order chi connectivity index (χ1) is 5.79. The third-order valence-electron chi connectivity index (χ3n) is 1.57. The van der Waals surface area contributed by atoms with Crippen LogP contribution < -0.4 is 5.73 Å². The lowest BCUT2D eigenvalue weighted by Crippen LogP contribution is -2.10. The van der Waals surface area contributed by atoms with E-state index in [4.69, 9.17) is 11.1 Å². The maximum atomic E-state index is 7.29. The average Bonchev–Trinajstić information content (AvgIpc) is 2.49. The topological polar surface area (TPSA) is 75.7 Å². The van der Waals surface area contributed by atoms with Gasteiger partial charge in [-0.05, 0) is 23.7 Å². The molecule has 12 heavy (non-hydrogen) atoms. The van der Waals surface area contributed by atoms with Crippen molar-refractivity contribution in [2.45, 2.75) is 0 Å². The third kappa shape index (κ3) is 0.947. The number of hydrogen-bond acceptors (Lipinski definition) is 4. The van der Waals surface area contributed by atoms with Crippen LogP contribution in [-0.4, -0.2) is 15.4 Å². The molecule has 3 N–H and O–H groups in total. The van der Waals surface area contributed by atoms with Crippen LogP contribution in [-0.2, 0) is 0 Å². The highest BCUT2D eigenvalue weighted by molar-refractivity contribution is 7.13. The summed E-state index contributed by atoms with van der Waals surface area (Å²) in [4.78, 5) is 0. The number of hydrogen-bond donors (Lipinski definition) is 2. The van der Waals surface area contributed by atoms with Gasteiger partial charge in [0.2, 0.25) is 0 Å². The van der Waals surface area contributed by atoms with Gasteiger partial charge in [0.05, 0.1) is 4.70 Å². The summed E-state index contributed by atoms with van der Waals surface area (Å²) >= 11 is 1.26. The van der Waals surface area contributed by atoms with Gasteiger partial charge >= 0.3 is 0 Å². The van der Waals surface area contributed by atoms with Gasteiger partial charge in [0, 0.05) is 5.56 Å². The Bertz CT molecular complexity index is 434. The Morgan fingerprint density at radius 2 is 2.33 bits per heavy atom. The molecular weight excluding hydrogens is 172 g/mol. The first-order valence-corrected chi connectivity index (χ1v) is 4.12. The largest absolute Gasteiger partial charge is 0.384 e. The molecule has 0 aliphatic heterocycles. The van der Waals surface area contributed by atoms with E-state index >= 15 is 0 Å². The normalized spacial score (nSPS) is 10.3. The Kier molecular flexibility index (Phi) is 1.51. The number of nitrogen functional groups attached to an aromatic ring is 1. The van der Waals surface area contributed by atoms with Crippen LogP contribution in [0.25, 0.3) is 10.2 Å². The molecule has 1 heterocycles. The quantitative estimate of drug-likeness (QED) is 0.504. The van der Waals surface area contributed by atoms with Crippen LogP contribution >= 0.6 is 11.5 Å². The molecule has 0 spiro atoms. The van der Waals surface area contributed by atoms with Gasteiger partial charge in [-0.3, -0.25) is 5.41 Å². The van der Waals surface area contributed by atoms with Crippen molar-refractivity contribution in [2.75, 3.05) is 0 Å². The molecule has 2 aromatic rings. The summed E-state index contributed by atoms with van der Waals surface area (Å²) in [6, 6.07) is 5.47. The first-order valence-electron chi connectivity index (χ1n) is 3.34. The highest BCUT2D eigenvalue weighted by Gasteiger charge is 2.05. The fourth-order valence-corrected chi connectivity index (χ4v) is 1.71. The van der Waals surface area contributed by atoms with E-state index in [0.29, 0.717) is 5.56 Å². The van der Waals surface area contributed by atoms with Crippen molar-refractivity contribution in [3.8, 4) is 0 Å². The molecule has 0 bridgehead atoms. The summed E-state index contributed by atoms with van der Waals surface area (Å²) in [7, 11) is 0. The predicted molar refractivity (Wildman–Crippen MR) is 48.4 cm³/mol. The van der Waals surface area contributed by atoms with Crippen molar-refractivity contribution in [1.29, 1.82) is 5.41 Å². The van der Waals surface area contributed by atoms with E-state index in [1.165, 1.54) is 11.5 Å². The summed E-state index contributed by atoms with van der Waals surface area (Å²) in [6.45, 7) is 0. The van der Waals surface area contributed by atoms with E-state index in [0.717, 1.165) is 10.2 Å². The van der Waals surface area contributed by atoms with Gasteiger partial charge < -0.3 is 5.73 Å². The molecule has 1 aromatic heterocycles. The molecule has 0 unspecified atom stereocenters. The Labute approximate surface area is 72.7 Å². The van der Waals surface area contributed by atoms with E-state index in [1.54, 1.807) is 6.07 Å². The zero-order valence-corrected chi connectivity index (χ0v) is 6.93. The molecule has 0 fully saturated rings. The summed E-state index contributed by atoms with van der Waals surface area (Å²) in [6.07, 6.45) is 0. The summed E-state index contributed by atoms with van der Waals surface area (Å²) < 4.78 is 4.66. The van der Waals surface area contributed by atoms with Crippen molar-refractivity contribution in [3.63, 3.8) is 0 Å². The lowest BCUT2D eigenvalue weighted by molar-refractivity contribution is 1.20. The zero-order chi connectivity index (χ0) is 8.55. The number of aromatic nitrogens is 2. The number of benzene rings is 1. The van der Waals surface area contributed by atoms with E-state index in [2.05, 4.69) is 9.59 Å². The zero-order valence-electron chi connectivity index (χ0n) is 6.11. The van der Waals surface area contributed by atoms with E-state index in [1.807, 2.05) is 12.1 Å². The Morgan fingerprint density at radius 1 is 1.50 bits per heavy atom. The SMILES string of the molecule is N=C(N)c1cccc2nnsc12. The minimum atomic E-state index is 0.0617. The number of nitrogens with one attached hydrogen (secondary N) is 1. The Hall–Kier alpha value is -1.49. The van der Waals surface area contributed by atoms with Crippen LogP contribution in [0.1, 0.15) is 5.56 Å². The fourth-order valence-electron chi connectivity index (χ4n) is 1.02. The number of fused-ring (bicyclic) bond motifs is 1. The highest BCUT2D eigenvalue weighted by atomic mass is 32.1. The molecule has 4 nitrogen and oxygen atoms in total. The van der Waals surface area contributed by atoms with Crippen LogP contribution in [0.5, 0.6) is 0 Å². The first kappa shape index (κ1) is 7.17. The molecule has 0 amide bonds. The van der Waals surface area contributed by atoms with Crippen LogP contribution in [0, 0.1) is 5.41 Å². The minimum Gasteiger partial charge on any atom is -0.384 e. The molecule has 0 atom stereocenters. The molecule has 0 aliphatic rings. The van der Waals surface area contributed by atoms with Crippen molar-refractivity contribution in [1.82, 2.24) is 9.59 Å². The second-order valence-corrected chi connectivity index (χ2v) is 3.09. The van der Waals surface area contributed by atoms with Gasteiger partial charge in [0.15, 0.2) is 0 Å². The number of nitrogens with two attached hydrogens (primary N) is 1. The molecule has 0 saturated carbocycles. The third-order valence-corrected chi connectivity index (χ3v) is 2.34. The number of amidine groups is 1. The molecule has 1 aromatic carbocycles. The summed E-state index contributed by atoms with van der Waals surface area (Å²) in [5.74, 6) is 0.0617. The monoisotopic (exact) mass is 178 g/mol. The van der Waals surface area contributed by atoms with E-state index < -0.39 is 0 Å². The fraction of sp³-hybridized carbons (Fsp3) is 0. The van der Waals surface area contributed by atoms with Crippen LogP contribution in [0.4, 0.5) is 0 Å². The maximum absolute atomic E-state index is 7.29. The van der Waals surface area contributed by atoms with Gasteiger partial charge in [-0.25, -0.2) is 0 Å². The molecule has 5 heteroatoms. The Morgan fingerprint density at radius 3 is 3.08 bits per heavy atom. The van der Waals surface area contributed by atoms with Crippen molar-refractivity contribution < 1.29 is 0 Å². The highest BCUT2D eigenvalue weighted by Crippen LogP contribution is 2.19. The van der Waals surface area contributed by atoms with Gasteiger partial charge in [-0.1, -0.05) is 10.6 Å². The van der Waals surface area contributed by atoms with Gasteiger partial charge in [0.25, 0.3) is 0 Å². The maximum Gasteiger partial charge on any atom is 0.124 e. The van der Waals surface area contributed by atoms with E-state index in [9.17, 15) is 0 Å². The minimum absolute atomic E-state index is 0.0617. The number of rotatable bonds is 1. The molecule has 0 aliphatic carbocycles. The van der Waals surface area contributed by atoms with Crippen LogP contribution in [0.15, 0.2) is 18.2 Å². The second-order valence-electron chi connectivity index (χ2n) is 2.34. The van der Waals surface area contributed by atoms with Gasteiger partial charge in [-0.15, -0.1) is 5.10 Å². The van der Waals surface area contributed by atoms with E-state index in [-0.39, 0.29) is 5.84 Å². The lowest BCUT2D eigenvalue weighted by atomic mass is 10.2.